The highest BCUT2D eigenvalue weighted by Crippen LogP contribution is 2.40. The van der Waals surface area contributed by atoms with Gasteiger partial charge >= 0.3 is 0 Å². The van der Waals surface area contributed by atoms with E-state index in [1.54, 1.807) is 36.4 Å². The number of hydrogen-bond acceptors (Lipinski definition) is 5. The molecule has 5 nitrogen and oxygen atoms in total. The predicted octanol–water partition coefficient (Wildman–Crippen LogP) is 5.95. The zero-order chi connectivity index (χ0) is 22.8. The van der Waals surface area contributed by atoms with Crippen molar-refractivity contribution in [2.45, 2.75) is 18.7 Å². The molecule has 0 saturated heterocycles. The van der Waals surface area contributed by atoms with Crippen LogP contribution in [0.2, 0.25) is 5.02 Å². The van der Waals surface area contributed by atoms with Gasteiger partial charge in [0.2, 0.25) is 0 Å². The Hall–Kier alpha value is -3.22. The van der Waals surface area contributed by atoms with Gasteiger partial charge in [0.15, 0.2) is 0 Å². The van der Waals surface area contributed by atoms with Crippen molar-refractivity contribution in [3.63, 3.8) is 0 Å². The Morgan fingerprint density at radius 2 is 1.56 bits per heavy atom. The van der Waals surface area contributed by atoms with Gasteiger partial charge in [0.25, 0.3) is 11.8 Å². The quantitative estimate of drug-likeness (QED) is 0.456. The number of anilines is 2. The molecule has 1 heterocycles. The van der Waals surface area contributed by atoms with Gasteiger partial charge in [-0.05, 0) is 73.5 Å². The van der Waals surface area contributed by atoms with Gasteiger partial charge in [-0.3, -0.25) is 9.59 Å². The molecule has 32 heavy (non-hydrogen) atoms. The van der Waals surface area contributed by atoms with Crippen LogP contribution in [0.3, 0.4) is 0 Å². The summed E-state index contributed by atoms with van der Waals surface area (Å²) in [7, 11) is 1.51. The molecule has 1 N–H and O–H groups in total. The highest BCUT2D eigenvalue weighted by atomic mass is 35.5. The summed E-state index contributed by atoms with van der Waals surface area (Å²) < 4.78 is 5.40. The van der Waals surface area contributed by atoms with Crippen LogP contribution in [-0.4, -0.2) is 18.9 Å². The Kier molecular flexibility index (Phi) is 6.26. The number of imide groups is 1. The summed E-state index contributed by atoms with van der Waals surface area (Å²) in [5.41, 5.74) is 3.48. The summed E-state index contributed by atoms with van der Waals surface area (Å²) in [6.45, 7) is 3.97. The molecule has 1 aliphatic rings. The van der Waals surface area contributed by atoms with Crippen molar-refractivity contribution in [3.8, 4) is 5.75 Å². The molecule has 0 fully saturated rings. The maximum atomic E-state index is 13.5. The number of halogens is 1. The minimum Gasteiger partial charge on any atom is -0.495 e. The minimum absolute atomic E-state index is 0.228. The zero-order valence-corrected chi connectivity index (χ0v) is 19.4. The van der Waals surface area contributed by atoms with Crippen molar-refractivity contribution in [1.29, 1.82) is 0 Å². The monoisotopic (exact) mass is 464 g/mol. The molecular formula is C25H21ClN2O3S. The number of methoxy groups -OCH3 is 1. The molecule has 2 amide bonds. The van der Waals surface area contributed by atoms with E-state index in [2.05, 4.69) is 5.32 Å². The first-order valence-electron chi connectivity index (χ1n) is 9.92. The molecule has 0 atom stereocenters. The Bertz CT molecular complexity index is 1220. The molecule has 0 unspecified atom stereocenters. The number of amides is 2. The Morgan fingerprint density at radius 3 is 2.22 bits per heavy atom. The molecule has 0 spiro atoms. The fourth-order valence-electron chi connectivity index (χ4n) is 3.56. The molecule has 0 bridgehead atoms. The van der Waals surface area contributed by atoms with Crippen LogP contribution >= 0.6 is 23.4 Å². The molecular weight excluding hydrogens is 444 g/mol. The van der Waals surface area contributed by atoms with E-state index < -0.39 is 11.8 Å². The summed E-state index contributed by atoms with van der Waals surface area (Å²) in [5, 5.41) is 3.80. The number of nitrogens with zero attached hydrogens (tertiary/aromatic N) is 1. The van der Waals surface area contributed by atoms with Gasteiger partial charge in [0, 0.05) is 15.6 Å². The minimum atomic E-state index is -0.435. The van der Waals surface area contributed by atoms with Crippen molar-refractivity contribution in [3.05, 3.63) is 93.5 Å². The second kappa shape index (κ2) is 9.10. The van der Waals surface area contributed by atoms with Crippen molar-refractivity contribution in [1.82, 2.24) is 0 Å². The number of ether oxygens (including phenoxy) is 1. The third-order valence-electron chi connectivity index (χ3n) is 4.89. The smallest absolute Gasteiger partial charge is 0.283 e. The maximum Gasteiger partial charge on any atom is 0.283 e. The number of carbonyl (C=O) groups excluding carboxylic acids is 2. The van der Waals surface area contributed by atoms with Gasteiger partial charge in [-0.25, -0.2) is 4.90 Å². The lowest BCUT2D eigenvalue weighted by Gasteiger charge is -2.18. The zero-order valence-electron chi connectivity index (χ0n) is 17.8. The lowest BCUT2D eigenvalue weighted by Crippen LogP contribution is -2.32. The Labute approximate surface area is 196 Å². The van der Waals surface area contributed by atoms with Crippen molar-refractivity contribution in [2.75, 3.05) is 17.3 Å². The highest BCUT2D eigenvalue weighted by Gasteiger charge is 2.41. The highest BCUT2D eigenvalue weighted by molar-refractivity contribution is 8.04. The summed E-state index contributed by atoms with van der Waals surface area (Å²) in [6, 6.07) is 20.0. The van der Waals surface area contributed by atoms with Crippen molar-refractivity contribution >= 4 is 46.6 Å². The van der Waals surface area contributed by atoms with E-state index in [-0.39, 0.29) is 5.70 Å². The topological polar surface area (TPSA) is 58.6 Å². The summed E-state index contributed by atoms with van der Waals surface area (Å²) in [6.07, 6.45) is 0. The van der Waals surface area contributed by atoms with Crippen LogP contribution in [-0.2, 0) is 9.59 Å². The average molecular weight is 465 g/mol. The number of carbonyl (C=O) groups is 2. The van der Waals surface area contributed by atoms with Crippen LogP contribution in [0.25, 0.3) is 0 Å². The van der Waals surface area contributed by atoms with Crippen LogP contribution in [0.4, 0.5) is 11.4 Å². The van der Waals surface area contributed by atoms with E-state index in [0.717, 1.165) is 26.6 Å². The molecule has 0 aliphatic carbocycles. The lowest BCUT2D eigenvalue weighted by atomic mass is 10.1. The molecule has 0 saturated carbocycles. The number of hydrogen-bond donors (Lipinski definition) is 1. The molecule has 0 radical (unpaired) electrons. The second-order valence-electron chi connectivity index (χ2n) is 7.38. The van der Waals surface area contributed by atoms with E-state index in [4.69, 9.17) is 16.3 Å². The lowest BCUT2D eigenvalue weighted by molar-refractivity contribution is -0.120. The van der Waals surface area contributed by atoms with Crippen LogP contribution in [0.15, 0.2) is 82.2 Å². The van der Waals surface area contributed by atoms with Crippen LogP contribution < -0.4 is 15.0 Å². The fraction of sp³-hybridized carbons (Fsp3) is 0.120. The normalized spacial score (nSPS) is 13.7. The second-order valence-corrected chi connectivity index (χ2v) is 8.90. The third-order valence-corrected chi connectivity index (χ3v) is 6.23. The van der Waals surface area contributed by atoms with Gasteiger partial charge in [-0.1, -0.05) is 41.6 Å². The van der Waals surface area contributed by atoms with E-state index in [1.165, 1.54) is 18.9 Å². The van der Waals surface area contributed by atoms with Gasteiger partial charge in [-0.2, -0.15) is 0 Å². The molecule has 7 heteroatoms. The third kappa shape index (κ3) is 4.38. The maximum absolute atomic E-state index is 13.5. The summed E-state index contributed by atoms with van der Waals surface area (Å²) in [4.78, 5) is 29.3. The van der Waals surface area contributed by atoms with E-state index >= 15 is 0 Å². The fourth-order valence-corrected chi connectivity index (χ4v) is 4.61. The van der Waals surface area contributed by atoms with Crippen LogP contribution in [0.5, 0.6) is 5.75 Å². The number of benzene rings is 3. The molecule has 162 valence electrons. The molecule has 0 aromatic heterocycles. The van der Waals surface area contributed by atoms with E-state index in [1.807, 2.05) is 44.2 Å². The van der Waals surface area contributed by atoms with E-state index in [0.29, 0.717) is 21.4 Å². The summed E-state index contributed by atoms with van der Waals surface area (Å²) >= 11 is 7.23. The van der Waals surface area contributed by atoms with Crippen LogP contribution in [0.1, 0.15) is 11.1 Å². The van der Waals surface area contributed by atoms with Crippen molar-refractivity contribution < 1.29 is 14.3 Å². The standard InChI is InChI=1S/C25H21ClN2O3S/c1-15-12-16(2)14-18(13-15)27-22-23(32-19-10-8-17(26)9-11-19)25(30)28(24(22)29)20-6-4-5-7-21(20)31-3/h4-14,27H,1-3H3. The van der Waals surface area contributed by atoms with Gasteiger partial charge in [0.05, 0.1) is 12.8 Å². The first-order chi connectivity index (χ1) is 15.4. The SMILES string of the molecule is COc1ccccc1N1C(=O)C(Nc2cc(C)cc(C)c2)=C(Sc2ccc(Cl)cc2)C1=O. The first-order valence-corrected chi connectivity index (χ1v) is 11.1. The molecule has 3 aromatic rings. The summed E-state index contributed by atoms with van der Waals surface area (Å²) in [5.74, 6) is -0.404. The van der Waals surface area contributed by atoms with Crippen LogP contribution in [0, 0.1) is 13.8 Å². The number of para-hydroxylation sites is 2. The average Bonchev–Trinajstić information content (AvgIpc) is 2.98. The van der Waals surface area contributed by atoms with Gasteiger partial charge < -0.3 is 10.1 Å². The number of rotatable bonds is 6. The predicted molar refractivity (Wildman–Crippen MR) is 129 cm³/mol. The number of thioether (sulfide) groups is 1. The van der Waals surface area contributed by atoms with Gasteiger partial charge in [-0.15, -0.1) is 0 Å². The van der Waals surface area contributed by atoms with E-state index in [9.17, 15) is 9.59 Å². The van der Waals surface area contributed by atoms with Crippen molar-refractivity contribution in [2.24, 2.45) is 0 Å². The largest absolute Gasteiger partial charge is 0.495 e. The molecule has 1 aliphatic heterocycles. The first kappa shape index (κ1) is 22.0. The number of aryl methyl sites for hydroxylation is 2. The molecule has 3 aromatic carbocycles. The number of nitrogens with one attached hydrogen (secondary N) is 1. The Morgan fingerprint density at radius 1 is 0.906 bits per heavy atom. The molecule has 4 rings (SSSR count). The Balaban J connectivity index is 1.78. The van der Waals surface area contributed by atoms with Gasteiger partial charge in [0.1, 0.15) is 16.4 Å².